The van der Waals surface area contributed by atoms with Crippen LogP contribution in [0, 0.1) is 0 Å². The number of H-pyrrole nitrogens is 1. The number of amides is 1. The van der Waals surface area contributed by atoms with Gasteiger partial charge in [0.25, 0.3) is 0 Å². The molecule has 0 atom stereocenters. The Hall–Kier alpha value is -3.08. The molecule has 0 radical (unpaired) electrons. The SMILES string of the molecule is COC(=O)Nc1ncc(-c2ccc(-c3ccccc3)cc2)[nH]1. The van der Waals surface area contributed by atoms with E-state index in [9.17, 15) is 4.79 Å². The lowest BCUT2D eigenvalue weighted by Gasteiger charge is -2.03. The quantitative estimate of drug-likeness (QED) is 0.769. The highest BCUT2D eigenvalue weighted by Gasteiger charge is 2.06. The Labute approximate surface area is 128 Å². The summed E-state index contributed by atoms with van der Waals surface area (Å²) < 4.78 is 4.52. The molecule has 0 fully saturated rings. The first-order valence-corrected chi connectivity index (χ1v) is 6.82. The maximum atomic E-state index is 11.1. The van der Waals surface area contributed by atoms with Gasteiger partial charge >= 0.3 is 6.09 Å². The maximum Gasteiger partial charge on any atom is 0.413 e. The summed E-state index contributed by atoms with van der Waals surface area (Å²) in [6, 6.07) is 18.3. The van der Waals surface area contributed by atoms with Gasteiger partial charge in [-0.25, -0.2) is 9.78 Å². The number of benzene rings is 2. The molecule has 0 saturated heterocycles. The topological polar surface area (TPSA) is 67.0 Å². The first-order valence-electron chi connectivity index (χ1n) is 6.82. The van der Waals surface area contributed by atoms with E-state index in [1.807, 2.05) is 30.3 Å². The summed E-state index contributed by atoms with van der Waals surface area (Å²) in [5, 5.41) is 2.49. The van der Waals surface area contributed by atoms with Gasteiger partial charge in [-0.05, 0) is 16.7 Å². The van der Waals surface area contributed by atoms with Crippen LogP contribution in [0.2, 0.25) is 0 Å². The zero-order valence-corrected chi connectivity index (χ0v) is 12.0. The predicted octanol–water partition coefficient (Wildman–Crippen LogP) is 3.92. The molecule has 0 aliphatic heterocycles. The number of hydrogen-bond donors (Lipinski definition) is 2. The number of aromatic amines is 1. The molecule has 3 rings (SSSR count). The van der Waals surface area contributed by atoms with Crippen molar-refractivity contribution in [1.29, 1.82) is 0 Å². The summed E-state index contributed by atoms with van der Waals surface area (Å²) >= 11 is 0. The van der Waals surface area contributed by atoms with Crippen molar-refractivity contribution in [3.05, 3.63) is 60.8 Å². The molecular formula is C17H15N3O2. The summed E-state index contributed by atoms with van der Waals surface area (Å²) in [5.74, 6) is 0.356. The lowest BCUT2D eigenvalue weighted by atomic mass is 10.0. The fraction of sp³-hybridized carbons (Fsp3) is 0.0588. The van der Waals surface area contributed by atoms with E-state index >= 15 is 0 Å². The molecule has 1 amide bonds. The van der Waals surface area contributed by atoms with Crippen LogP contribution in [-0.4, -0.2) is 23.2 Å². The van der Waals surface area contributed by atoms with E-state index in [2.05, 4.69) is 44.3 Å². The van der Waals surface area contributed by atoms with Crippen LogP contribution < -0.4 is 5.32 Å². The van der Waals surface area contributed by atoms with E-state index in [4.69, 9.17) is 0 Å². The van der Waals surface area contributed by atoms with Crippen molar-refractivity contribution in [2.75, 3.05) is 12.4 Å². The minimum absolute atomic E-state index is 0.356. The van der Waals surface area contributed by atoms with Crippen molar-refractivity contribution in [2.45, 2.75) is 0 Å². The van der Waals surface area contributed by atoms with Crippen molar-refractivity contribution in [1.82, 2.24) is 9.97 Å². The molecule has 0 saturated carbocycles. The highest BCUT2D eigenvalue weighted by Crippen LogP contribution is 2.24. The number of anilines is 1. The Balaban J connectivity index is 1.80. The van der Waals surface area contributed by atoms with Crippen LogP contribution in [-0.2, 0) is 4.74 Å². The van der Waals surface area contributed by atoms with Gasteiger partial charge in [0.15, 0.2) is 0 Å². The number of rotatable bonds is 3. The molecule has 1 heterocycles. The average Bonchev–Trinajstić information content (AvgIpc) is 3.04. The Bertz CT molecular complexity index is 764. The van der Waals surface area contributed by atoms with Crippen molar-refractivity contribution in [3.8, 4) is 22.4 Å². The van der Waals surface area contributed by atoms with Gasteiger partial charge in [-0.1, -0.05) is 54.6 Å². The number of ether oxygens (including phenoxy) is 1. The van der Waals surface area contributed by atoms with Crippen LogP contribution >= 0.6 is 0 Å². The number of methoxy groups -OCH3 is 1. The molecule has 5 nitrogen and oxygen atoms in total. The summed E-state index contributed by atoms with van der Waals surface area (Å²) in [7, 11) is 1.31. The van der Waals surface area contributed by atoms with Gasteiger partial charge in [0.1, 0.15) is 0 Å². The molecular weight excluding hydrogens is 278 g/mol. The van der Waals surface area contributed by atoms with E-state index in [1.54, 1.807) is 6.20 Å². The largest absolute Gasteiger partial charge is 0.453 e. The second-order valence-corrected chi connectivity index (χ2v) is 4.71. The van der Waals surface area contributed by atoms with Crippen LogP contribution in [0.4, 0.5) is 10.7 Å². The van der Waals surface area contributed by atoms with E-state index in [0.717, 1.165) is 16.8 Å². The molecule has 0 unspecified atom stereocenters. The highest BCUT2D eigenvalue weighted by atomic mass is 16.5. The summed E-state index contributed by atoms with van der Waals surface area (Å²) in [5.41, 5.74) is 4.14. The van der Waals surface area contributed by atoms with Crippen LogP contribution in [0.15, 0.2) is 60.8 Å². The zero-order chi connectivity index (χ0) is 15.4. The predicted molar refractivity (Wildman–Crippen MR) is 85.5 cm³/mol. The maximum absolute atomic E-state index is 11.1. The number of carbonyl (C=O) groups is 1. The summed E-state index contributed by atoms with van der Waals surface area (Å²) in [6.45, 7) is 0. The number of nitrogens with zero attached hydrogens (tertiary/aromatic N) is 1. The Kier molecular flexibility index (Phi) is 3.87. The molecule has 110 valence electrons. The fourth-order valence-corrected chi connectivity index (χ4v) is 2.15. The first-order chi connectivity index (χ1) is 10.8. The number of aromatic nitrogens is 2. The molecule has 2 aromatic carbocycles. The van der Waals surface area contributed by atoms with Crippen molar-refractivity contribution in [2.24, 2.45) is 0 Å². The van der Waals surface area contributed by atoms with E-state index in [0.29, 0.717) is 5.95 Å². The Morgan fingerprint density at radius 1 is 1.00 bits per heavy atom. The summed E-state index contributed by atoms with van der Waals surface area (Å²) in [4.78, 5) is 18.3. The molecule has 0 aliphatic rings. The highest BCUT2D eigenvalue weighted by molar-refractivity contribution is 5.82. The minimum atomic E-state index is -0.555. The Morgan fingerprint density at radius 3 is 2.32 bits per heavy atom. The van der Waals surface area contributed by atoms with Crippen molar-refractivity contribution < 1.29 is 9.53 Å². The van der Waals surface area contributed by atoms with Crippen LogP contribution in [0.25, 0.3) is 22.4 Å². The fourth-order valence-electron chi connectivity index (χ4n) is 2.15. The van der Waals surface area contributed by atoms with Crippen molar-refractivity contribution in [3.63, 3.8) is 0 Å². The lowest BCUT2D eigenvalue weighted by molar-refractivity contribution is 0.186. The number of imidazole rings is 1. The molecule has 0 aliphatic carbocycles. The molecule has 1 aromatic heterocycles. The van der Waals surface area contributed by atoms with Gasteiger partial charge in [-0.3, -0.25) is 5.32 Å². The van der Waals surface area contributed by atoms with Crippen LogP contribution in [0.3, 0.4) is 0 Å². The lowest BCUT2D eigenvalue weighted by Crippen LogP contribution is -2.11. The summed E-state index contributed by atoms with van der Waals surface area (Å²) in [6.07, 6.45) is 1.11. The van der Waals surface area contributed by atoms with Gasteiger partial charge in [0.2, 0.25) is 5.95 Å². The molecule has 22 heavy (non-hydrogen) atoms. The Morgan fingerprint density at radius 2 is 1.64 bits per heavy atom. The van der Waals surface area contributed by atoms with E-state index in [-0.39, 0.29) is 0 Å². The number of nitrogens with one attached hydrogen (secondary N) is 2. The molecule has 0 bridgehead atoms. The second kappa shape index (κ2) is 6.13. The molecule has 5 heteroatoms. The molecule has 2 N–H and O–H groups in total. The molecule has 0 spiro atoms. The number of hydrogen-bond acceptors (Lipinski definition) is 3. The van der Waals surface area contributed by atoms with Gasteiger partial charge < -0.3 is 9.72 Å². The third kappa shape index (κ3) is 2.98. The first kappa shape index (κ1) is 13.9. The van der Waals surface area contributed by atoms with E-state index < -0.39 is 6.09 Å². The van der Waals surface area contributed by atoms with Crippen LogP contribution in [0.1, 0.15) is 0 Å². The number of carbonyl (C=O) groups excluding carboxylic acids is 1. The standard InChI is InChI=1S/C17H15N3O2/c1-22-17(21)20-16-18-11-15(19-16)14-9-7-13(8-10-14)12-5-3-2-4-6-12/h2-11H,1H3,(H2,18,19,20,21). The van der Waals surface area contributed by atoms with Gasteiger partial charge in [-0.2, -0.15) is 0 Å². The van der Waals surface area contributed by atoms with Gasteiger partial charge in [0.05, 0.1) is 19.0 Å². The zero-order valence-electron chi connectivity index (χ0n) is 12.0. The second-order valence-electron chi connectivity index (χ2n) is 4.71. The third-order valence-electron chi connectivity index (χ3n) is 3.28. The average molecular weight is 293 g/mol. The normalized spacial score (nSPS) is 10.2. The van der Waals surface area contributed by atoms with E-state index in [1.165, 1.54) is 12.7 Å². The van der Waals surface area contributed by atoms with Crippen LogP contribution in [0.5, 0.6) is 0 Å². The van der Waals surface area contributed by atoms with Crippen molar-refractivity contribution >= 4 is 12.0 Å². The smallest absolute Gasteiger partial charge is 0.413 e. The third-order valence-corrected chi connectivity index (χ3v) is 3.28. The van der Waals surface area contributed by atoms with Gasteiger partial charge in [-0.15, -0.1) is 0 Å². The molecule has 3 aromatic rings. The minimum Gasteiger partial charge on any atom is -0.453 e. The van der Waals surface area contributed by atoms with Gasteiger partial charge in [0, 0.05) is 0 Å². The monoisotopic (exact) mass is 293 g/mol.